The molecule has 0 bridgehead atoms. The molecule has 128 valence electrons. The topological polar surface area (TPSA) is 60.2 Å². The second-order valence-electron chi connectivity index (χ2n) is 5.88. The first-order chi connectivity index (χ1) is 12.7. The zero-order valence-corrected chi connectivity index (χ0v) is 14.0. The van der Waals surface area contributed by atoms with Crippen molar-refractivity contribution in [3.63, 3.8) is 0 Å². The van der Waals surface area contributed by atoms with Gasteiger partial charge in [-0.1, -0.05) is 67.3 Å². The number of hydrogen-bond donors (Lipinski definition) is 1. The number of fused-ring (bicyclic) bond motifs is 1. The van der Waals surface area contributed by atoms with E-state index in [-0.39, 0.29) is 0 Å². The normalized spacial score (nSPS) is 10.8. The molecule has 0 saturated heterocycles. The molecule has 0 spiro atoms. The van der Waals surface area contributed by atoms with Crippen molar-refractivity contribution in [2.45, 2.75) is 6.61 Å². The highest BCUT2D eigenvalue weighted by Crippen LogP contribution is 2.35. The van der Waals surface area contributed by atoms with Crippen LogP contribution in [-0.2, 0) is 6.61 Å². The second-order valence-corrected chi connectivity index (χ2v) is 5.88. The van der Waals surface area contributed by atoms with Crippen LogP contribution in [-0.4, -0.2) is 20.4 Å². The maximum Gasteiger partial charge on any atom is 0.159 e. The van der Waals surface area contributed by atoms with Crippen molar-refractivity contribution in [2.75, 3.05) is 0 Å². The van der Waals surface area contributed by atoms with E-state index in [0.29, 0.717) is 28.3 Å². The number of ether oxygens (including phenoxy) is 1. The number of rotatable bonds is 5. The average Bonchev–Trinajstić information content (AvgIpc) is 3.07. The Morgan fingerprint density at radius 2 is 1.73 bits per heavy atom. The maximum atomic E-state index is 9.61. The predicted molar refractivity (Wildman–Crippen MR) is 101 cm³/mol. The van der Waals surface area contributed by atoms with Gasteiger partial charge in [0, 0.05) is 5.56 Å². The molecule has 26 heavy (non-hydrogen) atoms. The van der Waals surface area contributed by atoms with Crippen LogP contribution in [0.1, 0.15) is 11.1 Å². The molecule has 0 radical (unpaired) electrons. The van der Waals surface area contributed by atoms with Crippen molar-refractivity contribution in [3.8, 4) is 16.9 Å². The molecule has 4 rings (SSSR count). The van der Waals surface area contributed by atoms with Crippen LogP contribution in [0, 0.1) is 0 Å². The van der Waals surface area contributed by atoms with Crippen LogP contribution in [0.25, 0.3) is 28.2 Å². The summed E-state index contributed by atoms with van der Waals surface area (Å²) in [5, 5.41) is 17.6. The van der Waals surface area contributed by atoms with Crippen molar-refractivity contribution >= 4 is 17.1 Å². The van der Waals surface area contributed by atoms with E-state index >= 15 is 0 Å². The summed E-state index contributed by atoms with van der Waals surface area (Å²) in [4.78, 5) is 0.575. The smallest absolute Gasteiger partial charge is 0.159 e. The lowest BCUT2D eigenvalue weighted by Gasteiger charge is -2.12. The van der Waals surface area contributed by atoms with Gasteiger partial charge in [-0.15, -0.1) is 10.2 Å². The highest BCUT2D eigenvalue weighted by atomic mass is 16.5. The van der Waals surface area contributed by atoms with Crippen LogP contribution in [0.5, 0.6) is 5.75 Å². The molecule has 4 aromatic rings. The Bertz CT molecular complexity index is 1050. The van der Waals surface area contributed by atoms with Gasteiger partial charge in [-0.05, 0) is 33.8 Å². The monoisotopic (exact) mass is 343 g/mol. The molecule has 1 aromatic heterocycles. The molecule has 0 saturated carbocycles. The van der Waals surface area contributed by atoms with Crippen molar-refractivity contribution in [3.05, 3.63) is 84.4 Å². The molecule has 1 N–H and O–H groups in total. The summed E-state index contributed by atoms with van der Waals surface area (Å²) in [5.41, 5.74) is 5.10. The maximum absolute atomic E-state index is 9.61. The third-order valence-corrected chi connectivity index (χ3v) is 4.18. The van der Waals surface area contributed by atoms with Gasteiger partial charge in [0.1, 0.15) is 12.1 Å². The zero-order chi connectivity index (χ0) is 17.9. The number of hydrogen-bond acceptors (Lipinski definition) is 4. The minimum atomic E-state index is 0.384. The van der Waals surface area contributed by atoms with E-state index in [1.807, 2.05) is 66.7 Å². The van der Waals surface area contributed by atoms with Crippen molar-refractivity contribution in [1.82, 2.24) is 15.2 Å². The minimum absolute atomic E-state index is 0.384. The summed E-state index contributed by atoms with van der Waals surface area (Å²) in [7, 11) is 0. The SMILES string of the molecule is C=Cc1ccc(COc2c(-c3ccccc3)ccc3nn(O)nc23)cc1. The first-order valence-corrected chi connectivity index (χ1v) is 8.23. The van der Waals surface area contributed by atoms with E-state index in [1.165, 1.54) is 0 Å². The molecule has 0 aliphatic heterocycles. The van der Waals surface area contributed by atoms with E-state index < -0.39 is 0 Å². The lowest BCUT2D eigenvalue weighted by atomic mass is 10.0. The molecule has 5 heteroatoms. The van der Waals surface area contributed by atoms with E-state index in [1.54, 1.807) is 6.08 Å². The fourth-order valence-corrected chi connectivity index (χ4v) is 2.84. The molecule has 0 aliphatic rings. The van der Waals surface area contributed by atoms with Crippen LogP contribution in [0.3, 0.4) is 0 Å². The van der Waals surface area contributed by atoms with Gasteiger partial charge < -0.3 is 9.94 Å². The molecule has 0 atom stereocenters. The quantitative estimate of drug-likeness (QED) is 0.540. The lowest BCUT2D eigenvalue weighted by Crippen LogP contribution is -1.99. The summed E-state index contributed by atoms with van der Waals surface area (Å²) >= 11 is 0. The van der Waals surface area contributed by atoms with Gasteiger partial charge in [-0.25, -0.2) is 0 Å². The predicted octanol–water partition coefficient (Wildman–Crippen LogP) is 4.56. The number of nitrogens with zero attached hydrogens (tertiary/aromatic N) is 3. The fraction of sp³-hybridized carbons (Fsp3) is 0.0476. The van der Waals surface area contributed by atoms with Gasteiger partial charge in [-0.2, -0.15) is 0 Å². The van der Waals surface area contributed by atoms with E-state index in [9.17, 15) is 5.21 Å². The number of aromatic nitrogens is 3. The Morgan fingerprint density at radius 3 is 2.46 bits per heavy atom. The first-order valence-electron chi connectivity index (χ1n) is 8.23. The molecule has 3 aromatic carbocycles. The average molecular weight is 343 g/mol. The molecule has 5 nitrogen and oxygen atoms in total. The van der Waals surface area contributed by atoms with Gasteiger partial charge in [0.05, 0.1) is 0 Å². The third-order valence-electron chi connectivity index (χ3n) is 4.18. The Labute approximate surface area is 150 Å². The Balaban J connectivity index is 1.74. The fourth-order valence-electron chi connectivity index (χ4n) is 2.84. The Morgan fingerprint density at radius 1 is 0.962 bits per heavy atom. The van der Waals surface area contributed by atoms with Crippen molar-refractivity contribution in [2.24, 2.45) is 0 Å². The minimum Gasteiger partial charge on any atom is -0.486 e. The highest BCUT2D eigenvalue weighted by molar-refractivity contribution is 5.89. The molecule has 1 heterocycles. The summed E-state index contributed by atoms with van der Waals surface area (Å²) in [6, 6.07) is 21.7. The summed E-state index contributed by atoms with van der Waals surface area (Å²) < 4.78 is 6.12. The second kappa shape index (κ2) is 6.72. The molecular weight excluding hydrogens is 326 g/mol. The van der Waals surface area contributed by atoms with Crippen molar-refractivity contribution in [1.29, 1.82) is 0 Å². The Hall–Kier alpha value is -3.60. The first kappa shape index (κ1) is 15.9. The zero-order valence-electron chi connectivity index (χ0n) is 14.0. The number of benzene rings is 3. The van der Waals surface area contributed by atoms with Crippen LogP contribution in [0.4, 0.5) is 0 Å². The highest BCUT2D eigenvalue weighted by Gasteiger charge is 2.15. The van der Waals surface area contributed by atoms with E-state index in [0.717, 1.165) is 22.3 Å². The Kier molecular flexibility index (Phi) is 4.11. The molecule has 0 fully saturated rings. The molecule has 0 unspecified atom stereocenters. The summed E-state index contributed by atoms with van der Waals surface area (Å²) in [6.45, 7) is 4.15. The van der Waals surface area contributed by atoms with Crippen LogP contribution in [0.2, 0.25) is 0 Å². The molecule has 0 aliphatic carbocycles. The van der Waals surface area contributed by atoms with Gasteiger partial charge in [-0.3, -0.25) is 0 Å². The van der Waals surface area contributed by atoms with Crippen LogP contribution < -0.4 is 4.74 Å². The van der Waals surface area contributed by atoms with Crippen LogP contribution >= 0.6 is 0 Å². The standard InChI is InChI=1S/C21H17N3O2/c1-2-15-8-10-16(11-9-15)14-26-21-18(17-6-4-3-5-7-17)12-13-19-20(21)23-24(25)22-19/h2-13,25H,1,14H2. The largest absolute Gasteiger partial charge is 0.486 e. The van der Waals surface area contributed by atoms with E-state index in [2.05, 4.69) is 16.8 Å². The van der Waals surface area contributed by atoms with Crippen LogP contribution in [0.15, 0.2) is 73.3 Å². The van der Waals surface area contributed by atoms with Gasteiger partial charge >= 0.3 is 0 Å². The summed E-state index contributed by atoms with van der Waals surface area (Å²) in [6.07, 6.45) is 1.80. The van der Waals surface area contributed by atoms with Gasteiger partial charge in [0.15, 0.2) is 11.3 Å². The molecular formula is C21H17N3O2. The van der Waals surface area contributed by atoms with Gasteiger partial charge in [0.25, 0.3) is 0 Å². The van der Waals surface area contributed by atoms with Crippen molar-refractivity contribution < 1.29 is 9.94 Å². The van der Waals surface area contributed by atoms with Gasteiger partial charge in [0.2, 0.25) is 0 Å². The third kappa shape index (κ3) is 3.02. The molecule has 0 amide bonds. The summed E-state index contributed by atoms with van der Waals surface area (Å²) in [5.74, 6) is 0.599. The lowest BCUT2D eigenvalue weighted by molar-refractivity contribution is 0.113. The van der Waals surface area contributed by atoms with E-state index in [4.69, 9.17) is 4.74 Å².